The van der Waals surface area contributed by atoms with Crippen LogP contribution in [-0.4, -0.2) is 16.9 Å². The first-order chi connectivity index (χ1) is 11.6. The van der Waals surface area contributed by atoms with Gasteiger partial charge in [0, 0.05) is 17.1 Å². The molecule has 128 valence electrons. The Labute approximate surface area is 155 Å². The molecular formula is C18H22BrN3OS. The molecule has 24 heavy (non-hydrogen) atoms. The SMILES string of the molecule is Cc1nc(NC2CCCCC2)sc1C(=O)NCc1cccc(Br)c1. The van der Waals surface area contributed by atoms with E-state index in [-0.39, 0.29) is 5.91 Å². The summed E-state index contributed by atoms with van der Waals surface area (Å²) in [5.74, 6) is -0.0540. The van der Waals surface area contributed by atoms with Gasteiger partial charge in [-0.15, -0.1) is 0 Å². The number of anilines is 1. The molecule has 0 saturated heterocycles. The van der Waals surface area contributed by atoms with Crippen molar-refractivity contribution in [1.29, 1.82) is 0 Å². The van der Waals surface area contributed by atoms with Crippen molar-refractivity contribution in [3.8, 4) is 0 Å². The van der Waals surface area contributed by atoms with Gasteiger partial charge in [0.15, 0.2) is 5.13 Å². The first-order valence-corrected chi connectivity index (χ1v) is 9.99. The largest absolute Gasteiger partial charge is 0.359 e. The average molecular weight is 408 g/mol. The van der Waals surface area contributed by atoms with E-state index in [0.29, 0.717) is 17.5 Å². The molecule has 6 heteroatoms. The number of aryl methyl sites for hydroxylation is 1. The summed E-state index contributed by atoms with van der Waals surface area (Å²) in [6, 6.07) is 8.45. The quantitative estimate of drug-likeness (QED) is 0.741. The molecule has 0 atom stereocenters. The van der Waals surface area contributed by atoms with Gasteiger partial charge in [-0.2, -0.15) is 0 Å². The van der Waals surface area contributed by atoms with Crippen LogP contribution < -0.4 is 10.6 Å². The minimum atomic E-state index is -0.0540. The molecule has 1 aromatic carbocycles. The third kappa shape index (κ3) is 4.57. The number of nitrogens with one attached hydrogen (secondary N) is 2. The van der Waals surface area contributed by atoms with Crippen LogP contribution in [-0.2, 0) is 6.54 Å². The Morgan fingerprint density at radius 2 is 2.12 bits per heavy atom. The zero-order chi connectivity index (χ0) is 16.9. The maximum Gasteiger partial charge on any atom is 0.263 e. The Balaban J connectivity index is 1.60. The maximum absolute atomic E-state index is 12.4. The first kappa shape index (κ1) is 17.4. The normalized spacial score (nSPS) is 15.2. The van der Waals surface area contributed by atoms with Crippen LogP contribution in [0.3, 0.4) is 0 Å². The summed E-state index contributed by atoms with van der Waals surface area (Å²) in [7, 11) is 0. The Morgan fingerprint density at radius 1 is 1.33 bits per heavy atom. The van der Waals surface area contributed by atoms with Gasteiger partial charge in [-0.25, -0.2) is 4.98 Å². The van der Waals surface area contributed by atoms with E-state index in [1.807, 2.05) is 31.2 Å². The number of carbonyl (C=O) groups is 1. The molecule has 0 spiro atoms. The van der Waals surface area contributed by atoms with E-state index in [1.165, 1.54) is 43.4 Å². The lowest BCUT2D eigenvalue weighted by Gasteiger charge is -2.22. The van der Waals surface area contributed by atoms with Crippen LogP contribution in [0.2, 0.25) is 0 Å². The molecule has 3 rings (SSSR count). The second-order valence-corrected chi connectivity index (χ2v) is 8.14. The molecule has 2 aromatic rings. The minimum Gasteiger partial charge on any atom is -0.359 e. The summed E-state index contributed by atoms with van der Waals surface area (Å²) in [4.78, 5) is 17.7. The number of thiazole rings is 1. The zero-order valence-electron chi connectivity index (χ0n) is 13.8. The van der Waals surface area contributed by atoms with Crippen molar-refractivity contribution < 1.29 is 4.79 Å². The van der Waals surface area contributed by atoms with Crippen molar-refractivity contribution >= 4 is 38.3 Å². The second-order valence-electron chi connectivity index (χ2n) is 6.23. The van der Waals surface area contributed by atoms with Gasteiger partial charge in [-0.1, -0.05) is 58.7 Å². The van der Waals surface area contributed by atoms with E-state index in [0.717, 1.165) is 20.9 Å². The van der Waals surface area contributed by atoms with E-state index < -0.39 is 0 Å². The molecule has 1 fully saturated rings. The van der Waals surface area contributed by atoms with Crippen LogP contribution in [0.4, 0.5) is 5.13 Å². The van der Waals surface area contributed by atoms with Gasteiger partial charge in [0.2, 0.25) is 0 Å². The Kier molecular flexibility index (Phi) is 5.89. The van der Waals surface area contributed by atoms with E-state index in [9.17, 15) is 4.79 Å². The highest BCUT2D eigenvalue weighted by Crippen LogP contribution is 2.27. The number of halogens is 1. The molecule has 1 amide bonds. The van der Waals surface area contributed by atoms with Crippen molar-refractivity contribution in [2.75, 3.05) is 5.32 Å². The highest BCUT2D eigenvalue weighted by atomic mass is 79.9. The molecule has 1 saturated carbocycles. The summed E-state index contributed by atoms with van der Waals surface area (Å²) >= 11 is 4.90. The number of benzene rings is 1. The van der Waals surface area contributed by atoms with Gasteiger partial charge in [0.05, 0.1) is 5.69 Å². The van der Waals surface area contributed by atoms with Crippen molar-refractivity contribution in [3.63, 3.8) is 0 Å². The van der Waals surface area contributed by atoms with Crippen LogP contribution in [0.15, 0.2) is 28.7 Å². The predicted octanol–water partition coefficient (Wildman–Crippen LogP) is 4.89. The van der Waals surface area contributed by atoms with Crippen molar-refractivity contribution in [2.45, 2.75) is 51.6 Å². The summed E-state index contributed by atoms with van der Waals surface area (Å²) in [5, 5.41) is 7.35. The highest BCUT2D eigenvalue weighted by molar-refractivity contribution is 9.10. The third-order valence-corrected chi connectivity index (χ3v) is 5.86. The number of hydrogen-bond acceptors (Lipinski definition) is 4. The van der Waals surface area contributed by atoms with Gasteiger partial charge < -0.3 is 10.6 Å². The minimum absolute atomic E-state index is 0.0540. The number of rotatable bonds is 5. The lowest BCUT2D eigenvalue weighted by Crippen LogP contribution is -2.22. The molecule has 0 radical (unpaired) electrons. The third-order valence-electron chi connectivity index (χ3n) is 4.28. The van der Waals surface area contributed by atoms with E-state index in [1.54, 1.807) is 0 Å². The van der Waals surface area contributed by atoms with Crippen LogP contribution in [0.5, 0.6) is 0 Å². The lowest BCUT2D eigenvalue weighted by molar-refractivity contribution is 0.0954. The zero-order valence-corrected chi connectivity index (χ0v) is 16.2. The predicted molar refractivity (Wildman–Crippen MR) is 103 cm³/mol. The first-order valence-electron chi connectivity index (χ1n) is 8.38. The molecular weight excluding hydrogens is 386 g/mol. The van der Waals surface area contributed by atoms with Crippen molar-refractivity contribution in [3.05, 3.63) is 44.9 Å². The maximum atomic E-state index is 12.4. The Bertz CT molecular complexity index is 710. The lowest BCUT2D eigenvalue weighted by atomic mass is 9.96. The molecule has 0 aliphatic heterocycles. The smallest absolute Gasteiger partial charge is 0.263 e. The van der Waals surface area contributed by atoms with Crippen LogP contribution in [0.1, 0.15) is 53.0 Å². The molecule has 1 aliphatic rings. The molecule has 1 aliphatic carbocycles. The monoisotopic (exact) mass is 407 g/mol. The van der Waals surface area contributed by atoms with Gasteiger partial charge >= 0.3 is 0 Å². The Hall–Kier alpha value is -1.40. The van der Waals surface area contributed by atoms with Gasteiger partial charge in [0.1, 0.15) is 4.88 Å². The molecule has 1 heterocycles. The number of amides is 1. The van der Waals surface area contributed by atoms with E-state index in [4.69, 9.17) is 0 Å². The summed E-state index contributed by atoms with van der Waals surface area (Å²) in [5.41, 5.74) is 1.87. The summed E-state index contributed by atoms with van der Waals surface area (Å²) < 4.78 is 1.02. The topological polar surface area (TPSA) is 54.0 Å². The highest BCUT2D eigenvalue weighted by Gasteiger charge is 2.18. The number of aromatic nitrogens is 1. The fraction of sp³-hybridized carbons (Fsp3) is 0.444. The van der Waals surface area contributed by atoms with Gasteiger partial charge in [-0.05, 0) is 37.5 Å². The van der Waals surface area contributed by atoms with Crippen molar-refractivity contribution in [2.24, 2.45) is 0 Å². The van der Waals surface area contributed by atoms with Gasteiger partial charge in [0.25, 0.3) is 5.91 Å². The molecule has 0 unspecified atom stereocenters. The standard InChI is InChI=1S/C18H22BrN3OS/c1-12-16(17(23)20-11-13-6-5-7-14(19)10-13)24-18(21-12)22-15-8-3-2-4-9-15/h5-7,10,15H,2-4,8-9,11H2,1H3,(H,20,23)(H,21,22). The number of hydrogen-bond donors (Lipinski definition) is 2. The Morgan fingerprint density at radius 3 is 2.88 bits per heavy atom. The van der Waals surface area contributed by atoms with Gasteiger partial charge in [-0.3, -0.25) is 4.79 Å². The van der Waals surface area contributed by atoms with E-state index >= 15 is 0 Å². The van der Waals surface area contributed by atoms with Crippen LogP contribution in [0, 0.1) is 6.92 Å². The fourth-order valence-electron chi connectivity index (χ4n) is 3.00. The number of nitrogens with zero attached hydrogens (tertiary/aromatic N) is 1. The van der Waals surface area contributed by atoms with Crippen LogP contribution >= 0.6 is 27.3 Å². The summed E-state index contributed by atoms with van der Waals surface area (Å²) in [6.07, 6.45) is 6.29. The number of carbonyl (C=O) groups excluding carboxylic acids is 1. The fourth-order valence-corrected chi connectivity index (χ4v) is 4.41. The van der Waals surface area contributed by atoms with E-state index in [2.05, 4.69) is 31.5 Å². The van der Waals surface area contributed by atoms with Crippen molar-refractivity contribution in [1.82, 2.24) is 10.3 Å². The average Bonchev–Trinajstić information content (AvgIpc) is 2.94. The molecule has 2 N–H and O–H groups in total. The molecule has 4 nitrogen and oxygen atoms in total. The second kappa shape index (κ2) is 8.12. The molecule has 1 aromatic heterocycles. The van der Waals surface area contributed by atoms with Crippen LogP contribution in [0.25, 0.3) is 0 Å². The molecule has 0 bridgehead atoms. The summed E-state index contributed by atoms with van der Waals surface area (Å²) in [6.45, 7) is 2.41.